The van der Waals surface area contributed by atoms with Crippen LogP contribution < -0.4 is 11.1 Å². The normalized spacial score (nSPS) is 10.4. The minimum atomic E-state index is -0.194. The second-order valence-electron chi connectivity index (χ2n) is 4.55. The number of carbonyl (C=O) groups is 1. The number of halogens is 2. The molecule has 0 aliphatic heterocycles. The Morgan fingerprint density at radius 3 is 2.60 bits per heavy atom. The lowest BCUT2D eigenvalue weighted by molar-refractivity contribution is 0.102. The molecule has 0 aromatic heterocycles. The number of amides is 1. The molecule has 0 spiro atoms. The van der Waals surface area contributed by atoms with Crippen molar-refractivity contribution < 1.29 is 4.79 Å². The Morgan fingerprint density at radius 2 is 1.95 bits per heavy atom. The molecule has 0 radical (unpaired) electrons. The first kappa shape index (κ1) is 15.1. The van der Waals surface area contributed by atoms with E-state index in [0.717, 1.165) is 20.4 Å². The summed E-state index contributed by atoms with van der Waals surface area (Å²) in [5, 5.41) is 3.47. The fourth-order valence-corrected chi connectivity index (χ4v) is 2.39. The molecule has 104 valence electrons. The molecule has 0 aliphatic rings. The van der Waals surface area contributed by atoms with Gasteiger partial charge in [0.25, 0.3) is 5.91 Å². The van der Waals surface area contributed by atoms with Crippen molar-refractivity contribution in [2.45, 2.75) is 13.8 Å². The number of hydrogen-bond donors (Lipinski definition) is 2. The Kier molecular flexibility index (Phi) is 4.55. The van der Waals surface area contributed by atoms with E-state index in [9.17, 15) is 4.79 Å². The van der Waals surface area contributed by atoms with Crippen LogP contribution in [0.15, 0.2) is 30.3 Å². The van der Waals surface area contributed by atoms with E-state index < -0.39 is 0 Å². The van der Waals surface area contributed by atoms with Gasteiger partial charge < -0.3 is 11.1 Å². The van der Waals surface area contributed by atoms with Crippen molar-refractivity contribution in [3.8, 4) is 0 Å². The first-order valence-corrected chi connectivity index (χ1v) is 7.48. The topological polar surface area (TPSA) is 55.1 Å². The highest BCUT2D eigenvalue weighted by Crippen LogP contribution is 2.26. The fraction of sp³-hybridized carbons (Fsp3) is 0.133. The highest BCUT2D eigenvalue weighted by Gasteiger charge is 2.12. The molecular formula is C15H14ClIN2O. The average Bonchev–Trinajstić information content (AvgIpc) is 2.42. The van der Waals surface area contributed by atoms with Gasteiger partial charge in [0.2, 0.25) is 0 Å². The third-order valence-electron chi connectivity index (χ3n) is 3.14. The Hall–Kier alpha value is -1.27. The van der Waals surface area contributed by atoms with Crippen LogP contribution in [0.25, 0.3) is 0 Å². The summed E-state index contributed by atoms with van der Waals surface area (Å²) in [6, 6.07) is 8.95. The number of benzene rings is 2. The van der Waals surface area contributed by atoms with Gasteiger partial charge in [0.15, 0.2) is 0 Å². The molecule has 2 aromatic rings. The maximum absolute atomic E-state index is 12.3. The maximum Gasteiger partial charge on any atom is 0.255 e. The van der Waals surface area contributed by atoms with Crippen molar-refractivity contribution in [1.29, 1.82) is 0 Å². The number of anilines is 2. The summed E-state index contributed by atoms with van der Waals surface area (Å²) in [4.78, 5) is 12.3. The van der Waals surface area contributed by atoms with Gasteiger partial charge in [-0.05, 0) is 71.8 Å². The van der Waals surface area contributed by atoms with Crippen molar-refractivity contribution in [3.05, 3.63) is 55.6 Å². The van der Waals surface area contributed by atoms with Crippen LogP contribution in [0.5, 0.6) is 0 Å². The van der Waals surface area contributed by atoms with Crippen molar-refractivity contribution in [2.75, 3.05) is 11.1 Å². The van der Waals surface area contributed by atoms with Crippen LogP contribution in [-0.2, 0) is 0 Å². The van der Waals surface area contributed by atoms with Crippen molar-refractivity contribution in [3.63, 3.8) is 0 Å². The van der Waals surface area contributed by atoms with Gasteiger partial charge in [-0.25, -0.2) is 0 Å². The Labute approximate surface area is 136 Å². The number of nitrogen functional groups attached to an aromatic ring is 1. The zero-order valence-electron chi connectivity index (χ0n) is 11.1. The van der Waals surface area contributed by atoms with Crippen LogP contribution in [0.3, 0.4) is 0 Å². The number of aryl methyl sites for hydroxylation is 1. The van der Waals surface area contributed by atoms with E-state index in [4.69, 9.17) is 17.3 Å². The van der Waals surface area contributed by atoms with E-state index in [0.29, 0.717) is 16.3 Å². The lowest BCUT2D eigenvalue weighted by Gasteiger charge is -2.13. The molecule has 0 unspecified atom stereocenters. The predicted molar refractivity (Wildman–Crippen MR) is 92.5 cm³/mol. The van der Waals surface area contributed by atoms with Crippen LogP contribution in [-0.4, -0.2) is 5.91 Å². The average molecular weight is 401 g/mol. The second-order valence-corrected chi connectivity index (χ2v) is 6.12. The molecule has 3 N–H and O–H groups in total. The second kappa shape index (κ2) is 6.01. The first-order valence-electron chi connectivity index (χ1n) is 6.02. The van der Waals surface area contributed by atoms with Crippen LogP contribution in [0.4, 0.5) is 11.4 Å². The van der Waals surface area contributed by atoms with Crippen LogP contribution in [0.1, 0.15) is 21.5 Å². The van der Waals surface area contributed by atoms with Crippen molar-refractivity contribution in [2.24, 2.45) is 0 Å². The summed E-state index contributed by atoms with van der Waals surface area (Å²) < 4.78 is 0.914. The van der Waals surface area contributed by atoms with Gasteiger partial charge >= 0.3 is 0 Å². The van der Waals surface area contributed by atoms with Gasteiger partial charge in [-0.1, -0.05) is 17.7 Å². The fourth-order valence-electron chi connectivity index (χ4n) is 1.88. The SMILES string of the molecule is Cc1ccc(N)c(C)c1NC(=O)c1ccc(I)c(Cl)c1. The summed E-state index contributed by atoms with van der Waals surface area (Å²) in [6.45, 7) is 3.82. The summed E-state index contributed by atoms with van der Waals surface area (Å²) in [6.07, 6.45) is 0. The van der Waals surface area contributed by atoms with Gasteiger partial charge in [0.1, 0.15) is 0 Å². The molecule has 0 saturated carbocycles. The van der Waals surface area contributed by atoms with Gasteiger partial charge in [0.05, 0.1) is 5.02 Å². The Bertz CT molecular complexity index is 686. The monoisotopic (exact) mass is 400 g/mol. The molecule has 20 heavy (non-hydrogen) atoms. The number of rotatable bonds is 2. The largest absolute Gasteiger partial charge is 0.398 e. The lowest BCUT2D eigenvalue weighted by atomic mass is 10.1. The van der Waals surface area contributed by atoms with E-state index in [1.807, 2.05) is 32.0 Å². The highest BCUT2D eigenvalue weighted by molar-refractivity contribution is 14.1. The Morgan fingerprint density at radius 1 is 1.25 bits per heavy atom. The van der Waals surface area contributed by atoms with E-state index in [1.54, 1.807) is 12.1 Å². The third kappa shape index (κ3) is 3.07. The smallest absolute Gasteiger partial charge is 0.255 e. The molecule has 5 heteroatoms. The molecule has 0 fully saturated rings. The molecule has 2 rings (SSSR count). The maximum atomic E-state index is 12.3. The number of carbonyl (C=O) groups excluding carboxylic acids is 1. The van der Waals surface area contributed by atoms with Crippen molar-refractivity contribution >= 4 is 51.5 Å². The first-order chi connectivity index (χ1) is 9.40. The number of hydrogen-bond acceptors (Lipinski definition) is 2. The summed E-state index contributed by atoms with van der Waals surface area (Å²) in [5.74, 6) is -0.194. The molecule has 0 aliphatic carbocycles. The van der Waals surface area contributed by atoms with Gasteiger partial charge in [-0.15, -0.1) is 0 Å². The molecule has 2 aromatic carbocycles. The van der Waals surface area contributed by atoms with Gasteiger partial charge in [-0.3, -0.25) is 4.79 Å². The number of nitrogens with two attached hydrogens (primary N) is 1. The molecule has 0 atom stereocenters. The minimum absolute atomic E-state index is 0.194. The van der Waals surface area contributed by atoms with Crippen LogP contribution in [0, 0.1) is 17.4 Å². The molecule has 0 heterocycles. The van der Waals surface area contributed by atoms with E-state index in [2.05, 4.69) is 27.9 Å². The summed E-state index contributed by atoms with van der Waals surface area (Å²) in [7, 11) is 0. The highest BCUT2D eigenvalue weighted by atomic mass is 127. The molecule has 1 amide bonds. The van der Waals surface area contributed by atoms with Crippen LogP contribution in [0.2, 0.25) is 5.02 Å². The minimum Gasteiger partial charge on any atom is -0.398 e. The third-order valence-corrected chi connectivity index (χ3v) is 4.71. The summed E-state index contributed by atoms with van der Waals surface area (Å²) >= 11 is 8.16. The number of nitrogens with one attached hydrogen (secondary N) is 1. The lowest BCUT2D eigenvalue weighted by Crippen LogP contribution is -2.14. The quantitative estimate of drug-likeness (QED) is 0.580. The van der Waals surface area contributed by atoms with E-state index >= 15 is 0 Å². The zero-order valence-corrected chi connectivity index (χ0v) is 14.0. The van der Waals surface area contributed by atoms with Gasteiger partial charge in [0, 0.05) is 20.5 Å². The molecule has 0 saturated heterocycles. The van der Waals surface area contributed by atoms with E-state index in [1.165, 1.54) is 0 Å². The van der Waals surface area contributed by atoms with Gasteiger partial charge in [-0.2, -0.15) is 0 Å². The van der Waals surface area contributed by atoms with Crippen LogP contribution >= 0.6 is 34.2 Å². The van der Waals surface area contributed by atoms with Crippen molar-refractivity contribution in [1.82, 2.24) is 0 Å². The molecule has 3 nitrogen and oxygen atoms in total. The molecular weight excluding hydrogens is 387 g/mol. The Balaban J connectivity index is 2.32. The van der Waals surface area contributed by atoms with E-state index in [-0.39, 0.29) is 5.91 Å². The zero-order chi connectivity index (χ0) is 14.9. The molecule has 0 bridgehead atoms. The summed E-state index contributed by atoms with van der Waals surface area (Å²) in [5.41, 5.74) is 9.66. The standard InChI is InChI=1S/C15H14ClIN2O/c1-8-3-6-13(18)9(2)14(8)19-15(20)10-4-5-12(17)11(16)7-10/h3-7H,18H2,1-2H3,(H,19,20). The predicted octanol–water partition coefficient (Wildman–Crippen LogP) is 4.40.